The second kappa shape index (κ2) is 16.8. The number of carbonyl (C=O) groups excluding carboxylic acids is 1. The van der Waals surface area contributed by atoms with Gasteiger partial charge in [0.25, 0.3) is 0 Å². The van der Waals surface area contributed by atoms with Crippen molar-refractivity contribution in [3.63, 3.8) is 0 Å². The summed E-state index contributed by atoms with van der Waals surface area (Å²) in [6.45, 7) is 7.73. The number of nitrogens with one attached hydrogen (secondary N) is 1. The van der Waals surface area contributed by atoms with Gasteiger partial charge in [-0.1, -0.05) is 43.3 Å². The lowest BCUT2D eigenvalue weighted by Gasteiger charge is -2.33. The van der Waals surface area contributed by atoms with Crippen LogP contribution in [0.1, 0.15) is 93.9 Å². The quantitative estimate of drug-likeness (QED) is 0.108. The van der Waals surface area contributed by atoms with Crippen molar-refractivity contribution in [3.05, 3.63) is 83.2 Å². The average molecular weight is 690 g/mol. The molecule has 2 aliphatic rings. The Hall–Kier alpha value is -3.38. The lowest BCUT2D eigenvalue weighted by Crippen LogP contribution is -2.51. The van der Waals surface area contributed by atoms with Gasteiger partial charge in [-0.3, -0.25) is 9.78 Å². The second-order valence-corrected chi connectivity index (χ2v) is 14.6. The summed E-state index contributed by atoms with van der Waals surface area (Å²) in [6, 6.07) is 16.8. The van der Waals surface area contributed by atoms with Crippen molar-refractivity contribution in [2.75, 3.05) is 13.2 Å². The number of para-hydroxylation sites is 1. The molecular formula is C40H55N3O7. The minimum Gasteiger partial charge on any atom is -0.490 e. The van der Waals surface area contributed by atoms with Gasteiger partial charge in [-0.25, -0.2) is 0 Å². The zero-order valence-corrected chi connectivity index (χ0v) is 29.8. The van der Waals surface area contributed by atoms with Crippen LogP contribution in [0.5, 0.6) is 5.75 Å². The van der Waals surface area contributed by atoms with E-state index in [2.05, 4.69) is 66.6 Å². The fourth-order valence-electron chi connectivity index (χ4n) is 6.63. The monoisotopic (exact) mass is 689 g/mol. The van der Waals surface area contributed by atoms with Crippen molar-refractivity contribution in [2.24, 2.45) is 0 Å². The van der Waals surface area contributed by atoms with Gasteiger partial charge >= 0.3 is 0 Å². The van der Waals surface area contributed by atoms with Crippen LogP contribution in [0.2, 0.25) is 0 Å². The van der Waals surface area contributed by atoms with E-state index in [1.165, 1.54) is 27.2 Å². The number of carbonyl (C=O) groups is 1. The van der Waals surface area contributed by atoms with Gasteiger partial charge in [-0.2, -0.15) is 0 Å². The Labute approximate surface area is 296 Å². The number of ether oxygens (including phenoxy) is 1. The lowest BCUT2D eigenvalue weighted by atomic mass is 9.91. The minimum atomic E-state index is -1.73. The van der Waals surface area contributed by atoms with Gasteiger partial charge in [-0.05, 0) is 105 Å². The van der Waals surface area contributed by atoms with Crippen LogP contribution in [-0.4, -0.2) is 91.0 Å². The van der Waals surface area contributed by atoms with Crippen molar-refractivity contribution >= 4 is 5.91 Å². The van der Waals surface area contributed by atoms with E-state index in [0.29, 0.717) is 12.5 Å². The first kappa shape index (κ1) is 37.9. The van der Waals surface area contributed by atoms with E-state index < -0.39 is 31.0 Å². The molecule has 1 amide bonds. The fourth-order valence-corrected chi connectivity index (χ4v) is 6.63. The molecule has 50 heavy (non-hydrogen) atoms. The maximum Gasteiger partial charge on any atom is 0.222 e. The van der Waals surface area contributed by atoms with Gasteiger partial charge in [-0.15, -0.1) is 0 Å². The maximum atomic E-state index is 13.2. The van der Waals surface area contributed by atoms with E-state index in [9.17, 15) is 25.2 Å². The first-order chi connectivity index (χ1) is 23.9. The van der Waals surface area contributed by atoms with Crippen LogP contribution in [0.3, 0.4) is 0 Å². The highest BCUT2D eigenvalue weighted by Gasteiger charge is 2.46. The van der Waals surface area contributed by atoms with Crippen LogP contribution in [0.15, 0.2) is 60.9 Å². The van der Waals surface area contributed by atoms with Crippen LogP contribution in [0, 0.1) is 6.92 Å². The summed E-state index contributed by atoms with van der Waals surface area (Å²) in [5.41, 5.74) is 7.01. The summed E-state index contributed by atoms with van der Waals surface area (Å²) in [6.07, 6.45) is 3.68. The second-order valence-electron chi connectivity index (χ2n) is 14.6. The summed E-state index contributed by atoms with van der Waals surface area (Å²) in [7, 11) is 0. The molecule has 10 nitrogen and oxygen atoms in total. The molecule has 6 N–H and O–H groups in total. The number of amides is 1. The van der Waals surface area contributed by atoms with E-state index in [1.54, 1.807) is 0 Å². The molecule has 1 unspecified atom stereocenters. The molecule has 0 bridgehead atoms. The highest BCUT2D eigenvalue weighted by Crippen LogP contribution is 2.50. The molecule has 0 radical (unpaired) electrons. The number of aryl methyl sites for hydroxylation is 1. The number of aromatic nitrogens is 1. The van der Waals surface area contributed by atoms with Gasteiger partial charge in [0.15, 0.2) is 0 Å². The molecule has 5 rings (SSSR count). The number of benzene rings is 2. The topological polar surface area (TPSA) is 156 Å². The van der Waals surface area contributed by atoms with Crippen LogP contribution in [0.4, 0.5) is 0 Å². The first-order valence-corrected chi connectivity index (χ1v) is 18.1. The maximum absolute atomic E-state index is 13.2. The Bertz CT molecular complexity index is 1570. The summed E-state index contributed by atoms with van der Waals surface area (Å²) in [4.78, 5) is 19.2. The predicted molar refractivity (Wildman–Crippen MR) is 192 cm³/mol. The molecule has 1 heterocycles. The molecule has 0 aliphatic heterocycles. The van der Waals surface area contributed by atoms with Crippen LogP contribution < -0.4 is 10.1 Å². The average Bonchev–Trinajstić information content (AvgIpc) is 4.06. The highest BCUT2D eigenvalue weighted by atomic mass is 16.5. The van der Waals surface area contributed by atoms with Gasteiger partial charge < -0.3 is 40.5 Å². The molecule has 2 aliphatic carbocycles. The smallest absolute Gasteiger partial charge is 0.222 e. The zero-order valence-electron chi connectivity index (χ0n) is 29.8. The molecule has 3 aromatic rings. The van der Waals surface area contributed by atoms with E-state index in [0.717, 1.165) is 55.5 Å². The largest absolute Gasteiger partial charge is 0.490 e. The first-order valence-electron chi connectivity index (χ1n) is 18.1. The number of hydrogen-bond acceptors (Lipinski definition) is 9. The Kier molecular flexibility index (Phi) is 12.7. The Balaban J connectivity index is 1.18. The van der Waals surface area contributed by atoms with Gasteiger partial charge in [0.1, 0.15) is 30.2 Å². The normalized spacial score (nSPS) is 18.3. The van der Waals surface area contributed by atoms with Crippen molar-refractivity contribution < 1.29 is 35.1 Å². The highest BCUT2D eigenvalue weighted by molar-refractivity contribution is 5.76. The van der Waals surface area contributed by atoms with Crippen molar-refractivity contribution in [3.8, 4) is 16.9 Å². The molecule has 0 saturated heterocycles. The van der Waals surface area contributed by atoms with Gasteiger partial charge in [0.05, 0.1) is 12.7 Å². The predicted octanol–water partition coefficient (Wildman–Crippen LogP) is 4.32. The third kappa shape index (κ3) is 9.29. The van der Waals surface area contributed by atoms with Crippen LogP contribution >= 0.6 is 0 Å². The van der Waals surface area contributed by atoms with E-state index in [4.69, 9.17) is 9.84 Å². The SMILES string of the molecule is Cc1ccc(C(C)CCCC(=O)N(C[C@H](O)[C@@H](O)[C@H](O)[C@H](O)CO)C(C)C)cc1CNC1(c2cnccc2-c2ccccc2OC2CC2)CC1. The van der Waals surface area contributed by atoms with Crippen molar-refractivity contribution in [2.45, 2.75) is 127 Å². The van der Waals surface area contributed by atoms with Gasteiger partial charge in [0, 0.05) is 49.0 Å². The molecule has 1 aromatic heterocycles. The Morgan fingerprint density at radius 3 is 2.40 bits per heavy atom. The molecule has 10 heteroatoms. The number of nitrogens with zero attached hydrogens (tertiary/aromatic N) is 2. The Morgan fingerprint density at radius 1 is 1.00 bits per heavy atom. The Morgan fingerprint density at radius 2 is 1.72 bits per heavy atom. The fraction of sp³-hybridized carbons (Fsp3) is 0.550. The molecule has 2 fully saturated rings. The standard InChI is InChI=1S/C40H55N3O7/c1-25(2)43(23-34(45)38(48)39(49)35(46)24-44)37(47)11-7-8-26(3)28-13-12-27(4)29(20-28)21-42-40(17-18-40)33-22-41-19-16-31(33)32-9-5-6-10-36(32)50-30-14-15-30/h5-6,9-10,12-13,16,19-20,22,25-26,30,34-35,38-39,42,44-46,48-49H,7-8,11,14-15,17-18,21,23-24H2,1-4H3/t26?,34-,35+,38+,39+/m0/s1. The number of pyridine rings is 1. The van der Waals surface area contributed by atoms with Crippen molar-refractivity contribution in [1.29, 1.82) is 0 Å². The van der Waals surface area contributed by atoms with Crippen LogP contribution in [0.25, 0.3) is 11.1 Å². The third-order valence-corrected chi connectivity index (χ3v) is 10.3. The third-order valence-electron chi connectivity index (χ3n) is 10.3. The van der Waals surface area contributed by atoms with Crippen molar-refractivity contribution in [1.82, 2.24) is 15.2 Å². The number of hydrogen-bond donors (Lipinski definition) is 6. The van der Waals surface area contributed by atoms with E-state index >= 15 is 0 Å². The zero-order chi connectivity index (χ0) is 36.0. The van der Waals surface area contributed by atoms with E-state index in [1.807, 2.05) is 32.3 Å². The molecule has 5 atom stereocenters. The summed E-state index contributed by atoms with van der Waals surface area (Å²) in [5, 5.41) is 53.3. The number of rotatable bonds is 19. The number of aliphatic hydroxyl groups excluding tert-OH is 5. The summed E-state index contributed by atoms with van der Waals surface area (Å²) in [5.74, 6) is 0.997. The lowest BCUT2D eigenvalue weighted by molar-refractivity contribution is -0.142. The van der Waals surface area contributed by atoms with Crippen LogP contribution in [-0.2, 0) is 16.9 Å². The molecule has 272 valence electrons. The van der Waals surface area contributed by atoms with Gasteiger partial charge in [0.2, 0.25) is 5.91 Å². The summed E-state index contributed by atoms with van der Waals surface area (Å²) < 4.78 is 6.28. The minimum absolute atomic E-state index is 0.145. The molecule has 0 spiro atoms. The molecular weight excluding hydrogens is 634 g/mol. The summed E-state index contributed by atoms with van der Waals surface area (Å²) >= 11 is 0. The number of aliphatic hydroxyl groups is 5. The molecule has 2 aromatic carbocycles. The molecule has 2 saturated carbocycles. The van der Waals surface area contributed by atoms with E-state index in [-0.39, 0.29) is 36.4 Å².